The Labute approximate surface area is 170 Å². The van der Waals surface area contributed by atoms with Crippen molar-refractivity contribution in [3.8, 4) is 0 Å². The molecule has 4 rings (SSSR count). The lowest BCUT2D eigenvalue weighted by Gasteiger charge is -2.32. The molecule has 0 amide bonds. The summed E-state index contributed by atoms with van der Waals surface area (Å²) in [6, 6.07) is 7.17. The highest BCUT2D eigenvalue weighted by Gasteiger charge is 2.31. The number of aromatic nitrogens is 2. The monoisotopic (exact) mass is 439 g/mol. The van der Waals surface area contributed by atoms with Crippen molar-refractivity contribution in [1.29, 1.82) is 0 Å². The first-order valence-electron chi connectivity index (χ1n) is 8.89. The minimum Gasteiger partial charge on any atom is -0.296 e. The molecule has 0 spiro atoms. The molecular formula is C19H16ClF2N3O3S. The maximum atomic E-state index is 13.4. The Bertz CT molecular complexity index is 1260. The van der Waals surface area contributed by atoms with Gasteiger partial charge >= 0.3 is 0 Å². The third-order valence-electron chi connectivity index (χ3n) is 5.09. The molecule has 1 aliphatic heterocycles. The lowest BCUT2D eigenvalue weighted by atomic mass is 10.1. The molecular weight excluding hydrogens is 424 g/mol. The van der Waals surface area contributed by atoms with E-state index in [1.165, 1.54) is 15.2 Å². The van der Waals surface area contributed by atoms with E-state index >= 15 is 0 Å². The van der Waals surface area contributed by atoms with Crippen LogP contribution < -0.4 is 5.56 Å². The van der Waals surface area contributed by atoms with Crippen molar-refractivity contribution < 1.29 is 17.2 Å². The van der Waals surface area contributed by atoms with Gasteiger partial charge in [-0.05, 0) is 49.2 Å². The second-order valence-corrected chi connectivity index (χ2v) is 9.20. The summed E-state index contributed by atoms with van der Waals surface area (Å²) in [4.78, 5) is 16.8. The Balaban J connectivity index is 1.56. The Hall–Kier alpha value is -2.36. The second kappa shape index (κ2) is 7.47. The van der Waals surface area contributed by atoms with Gasteiger partial charge in [-0.2, -0.15) is 4.31 Å². The zero-order valence-corrected chi connectivity index (χ0v) is 16.6. The summed E-state index contributed by atoms with van der Waals surface area (Å²) >= 11 is 5.98. The van der Waals surface area contributed by atoms with Crippen LogP contribution in [-0.2, 0) is 10.0 Å². The van der Waals surface area contributed by atoms with Crippen LogP contribution >= 0.6 is 11.6 Å². The van der Waals surface area contributed by atoms with Gasteiger partial charge in [-0.25, -0.2) is 22.2 Å². The summed E-state index contributed by atoms with van der Waals surface area (Å²) < 4.78 is 54.7. The Morgan fingerprint density at radius 3 is 2.45 bits per heavy atom. The van der Waals surface area contributed by atoms with Crippen LogP contribution in [0.5, 0.6) is 0 Å². The van der Waals surface area contributed by atoms with Gasteiger partial charge in [-0.15, -0.1) is 0 Å². The Kier molecular flexibility index (Phi) is 5.14. The number of piperidine rings is 1. The summed E-state index contributed by atoms with van der Waals surface area (Å²) in [6.45, 7) is 0.290. The fourth-order valence-corrected chi connectivity index (χ4v) is 5.17. The van der Waals surface area contributed by atoms with E-state index in [1.54, 1.807) is 18.2 Å². The molecule has 1 fully saturated rings. The van der Waals surface area contributed by atoms with Crippen LogP contribution in [0.25, 0.3) is 10.9 Å². The van der Waals surface area contributed by atoms with Gasteiger partial charge in [0.1, 0.15) is 0 Å². The standard InChI is InChI=1S/C19H16ClF2N3O3S/c20-12-1-4-18-15(9-12)19(26)25(11-23-18)13-5-7-24(8-6-13)29(27,28)14-2-3-16(21)17(22)10-14/h1-4,9-11,13H,5-8H2. The maximum Gasteiger partial charge on any atom is 0.261 e. The largest absolute Gasteiger partial charge is 0.296 e. The topological polar surface area (TPSA) is 72.3 Å². The predicted octanol–water partition coefficient (Wildman–Crippen LogP) is 3.35. The van der Waals surface area contributed by atoms with Gasteiger partial charge in [0.25, 0.3) is 5.56 Å². The third-order valence-corrected chi connectivity index (χ3v) is 7.22. The van der Waals surface area contributed by atoms with E-state index in [4.69, 9.17) is 11.6 Å². The van der Waals surface area contributed by atoms with Crippen LogP contribution in [0.2, 0.25) is 5.02 Å². The highest BCUT2D eigenvalue weighted by Crippen LogP contribution is 2.27. The van der Waals surface area contributed by atoms with Crippen molar-refractivity contribution in [2.45, 2.75) is 23.8 Å². The highest BCUT2D eigenvalue weighted by molar-refractivity contribution is 7.89. The summed E-state index contributed by atoms with van der Waals surface area (Å²) in [6.07, 6.45) is 2.23. The van der Waals surface area contributed by atoms with Gasteiger partial charge in [-0.3, -0.25) is 9.36 Å². The SMILES string of the molecule is O=c1c2cc(Cl)ccc2ncn1C1CCN(S(=O)(=O)c2ccc(F)c(F)c2)CC1. The fraction of sp³-hybridized carbons (Fsp3) is 0.263. The first-order chi connectivity index (χ1) is 13.8. The molecule has 1 saturated heterocycles. The first kappa shape index (κ1) is 19.9. The number of rotatable bonds is 3. The minimum absolute atomic E-state index is 0.145. The summed E-state index contributed by atoms with van der Waals surface area (Å²) in [7, 11) is -3.95. The molecule has 0 bridgehead atoms. The maximum absolute atomic E-state index is 13.4. The number of nitrogens with zero attached hydrogens (tertiary/aromatic N) is 3. The van der Waals surface area contributed by atoms with E-state index in [0.29, 0.717) is 34.8 Å². The van der Waals surface area contributed by atoms with E-state index in [0.717, 1.165) is 12.1 Å². The van der Waals surface area contributed by atoms with E-state index in [9.17, 15) is 22.0 Å². The number of halogens is 3. The number of sulfonamides is 1. The van der Waals surface area contributed by atoms with E-state index < -0.39 is 21.7 Å². The van der Waals surface area contributed by atoms with Gasteiger partial charge in [0.15, 0.2) is 11.6 Å². The lowest BCUT2D eigenvalue weighted by Crippen LogP contribution is -2.40. The molecule has 0 unspecified atom stereocenters. The molecule has 1 aliphatic rings. The zero-order chi connectivity index (χ0) is 20.8. The smallest absolute Gasteiger partial charge is 0.261 e. The van der Waals surface area contributed by atoms with Gasteiger partial charge in [0, 0.05) is 24.2 Å². The quantitative estimate of drug-likeness (QED) is 0.627. The van der Waals surface area contributed by atoms with Crippen molar-refractivity contribution >= 4 is 32.5 Å². The molecule has 0 radical (unpaired) electrons. The number of hydrogen-bond acceptors (Lipinski definition) is 4. The van der Waals surface area contributed by atoms with Gasteiger partial charge < -0.3 is 0 Å². The van der Waals surface area contributed by atoms with Crippen LogP contribution in [0, 0.1) is 11.6 Å². The van der Waals surface area contributed by atoms with Crippen molar-refractivity contribution in [1.82, 2.24) is 13.9 Å². The predicted molar refractivity (Wildman–Crippen MR) is 104 cm³/mol. The van der Waals surface area contributed by atoms with Crippen LogP contribution in [0.4, 0.5) is 8.78 Å². The molecule has 2 heterocycles. The zero-order valence-electron chi connectivity index (χ0n) is 15.1. The molecule has 6 nitrogen and oxygen atoms in total. The lowest BCUT2D eigenvalue weighted by molar-refractivity contribution is 0.269. The molecule has 0 atom stereocenters. The molecule has 152 valence electrons. The molecule has 10 heteroatoms. The third kappa shape index (κ3) is 3.65. The average Bonchev–Trinajstić information content (AvgIpc) is 2.71. The number of benzene rings is 2. The van der Waals surface area contributed by atoms with Crippen LogP contribution in [0.1, 0.15) is 18.9 Å². The number of hydrogen-bond donors (Lipinski definition) is 0. The first-order valence-corrected chi connectivity index (χ1v) is 10.7. The molecule has 2 aromatic carbocycles. The van der Waals surface area contributed by atoms with Gasteiger partial charge in [0.05, 0.1) is 22.1 Å². The van der Waals surface area contributed by atoms with Crippen molar-refractivity contribution in [3.63, 3.8) is 0 Å². The molecule has 3 aromatic rings. The summed E-state index contributed by atoms with van der Waals surface area (Å²) in [5.41, 5.74) is 0.299. The van der Waals surface area contributed by atoms with Crippen LogP contribution in [-0.4, -0.2) is 35.4 Å². The van der Waals surface area contributed by atoms with Crippen molar-refractivity contribution in [3.05, 3.63) is 69.7 Å². The molecule has 0 saturated carbocycles. The molecule has 29 heavy (non-hydrogen) atoms. The van der Waals surface area contributed by atoms with Crippen molar-refractivity contribution in [2.75, 3.05) is 13.1 Å². The highest BCUT2D eigenvalue weighted by atomic mass is 35.5. The Morgan fingerprint density at radius 2 is 1.76 bits per heavy atom. The van der Waals surface area contributed by atoms with Crippen LogP contribution in [0.15, 0.2) is 52.4 Å². The molecule has 0 N–H and O–H groups in total. The van der Waals surface area contributed by atoms with E-state index in [-0.39, 0.29) is 29.6 Å². The van der Waals surface area contributed by atoms with E-state index in [2.05, 4.69) is 4.98 Å². The molecule has 1 aromatic heterocycles. The Morgan fingerprint density at radius 1 is 1.03 bits per heavy atom. The normalized spacial score (nSPS) is 16.4. The van der Waals surface area contributed by atoms with Crippen LogP contribution in [0.3, 0.4) is 0 Å². The molecule has 0 aliphatic carbocycles. The number of fused-ring (bicyclic) bond motifs is 1. The summed E-state index contributed by atoms with van der Waals surface area (Å²) in [5, 5.41) is 0.832. The van der Waals surface area contributed by atoms with E-state index in [1.807, 2.05) is 0 Å². The van der Waals surface area contributed by atoms with Crippen molar-refractivity contribution in [2.24, 2.45) is 0 Å². The summed E-state index contributed by atoms with van der Waals surface area (Å²) in [5.74, 6) is -2.32. The second-order valence-electron chi connectivity index (χ2n) is 6.83. The van der Waals surface area contributed by atoms with Gasteiger partial charge in [-0.1, -0.05) is 11.6 Å². The fourth-order valence-electron chi connectivity index (χ4n) is 3.52. The minimum atomic E-state index is -3.95. The van der Waals surface area contributed by atoms with Gasteiger partial charge in [0.2, 0.25) is 10.0 Å². The average molecular weight is 440 g/mol.